The number of nitrogens with zero attached hydrogens (tertiary/aromatic N) is 16. The summed E-state index contributed by atoms with van der Waals surface area (Å²) >= 11 is 0. The Morgan fingerprint density at radius 2 is 0.947 bits per heavy atom. The zero-order chi connectivity index (χ0) is 79.0. The summed E-state index contributed by atoms with van der Waals surface area (Å²) in [5.74, 6) is 3.64. The minimum Gasteiger partial charge on any atom is -0.393 e. The van der Waals surface area contributed by atoms with E-state index in [4.69, 9.17) is 39.3 Å². The summed E-state index contributed by atoms with van der Waals surface area (Å²) in [6, 6.07) is 6.89. The van der Waals surface area contributed by atoms with Gasteiger partial charge >= 0.3 is 0 Å². The smallest absolute Gasteiger partial charge is 0.250 e. The van der Waals surface area contributed by atoms with Crippen molar-refractivity contribution >= 4 is 46.1 Å². The summed E-state index contributed by atoms with van der Waals surface area (Å²) in [7, 11) is 5.05. The van der Waals surface area contributed by atoms with Gasteiger partial charge in [-0.25, -0.2) is 28.5 Å². The second kappa shape index (κ2) is 33.7. The van der Waals surface area contributed by atoms with Gasteiger partial charge in [0.2, 0.25) is 23.8 Å². The van der Waals surface area contributed by atoms with Gasteiger partial charge in [0, 0.05) is 157 Å². The van der Waals surface area contributed by atoms with Crippen LogP contribution in [0.5, 0.6) is 0 Å². The second-order valence-electron chi connectivity index (χ2n) is 35.4. The fourth-order valence-electron chi connectivity index (χ4n) is 19.1. The predicted molar refractivity (Wildman–Crippen MR) is 433 cm³/mol. The highest BCUT2D eigenvalue weighted by Crippen LogP contribution is 2.50. The monoisotopic (exact) mass is 1550 g/mol. The molecule has 113 heavy (non-hydrogen) atoms. The third-order valence-electron chi connectivity index (χ3n) is 25.7. The quantitative estimate of drug-likeness (QED) is 0.0290. The van der Waals surface area contributed by atoms with E-state index < -0.39 is 11.1 Å². The number of Topliss-reactive ketones (excluding diaryl/α,β-unsaturated/α-hetero) is 1. The zero-order valence-corrected chi connectivity index (χ0v) is 67.9. The summed E-state index contributed by atoms with van der Waals surface area (Å²) in [6.07, 6.45) is 38.6. The average molecular weight is 1550 g/mol. The molecule has 6 N–H and O–H groups in total. The fraction of sp³-hybridized carbons (Fsp3) is 0.635. The van der Waals surface area contributed by atoms with Crippen LogP contribution in [0.2, 0.25) is 0 Å². The van der Waals surface area contributed by atoms with E-state index in [0.717, 1.165) is 197 Å². The molecule has 5 aliphatic carbocycles. The van der Waals surface area contributed by atoms with Crippen LogP contribution in [0.4, 0.5) is 17.8 Å². The SMILES string of the molecule is C=C1CC[C@H](Cn2cc(-c3cc(C4CCC(O)CC4)n4nc(N[C@@H](C)COC)ncc34)cn2)C1.COC[C@H](C)Nc1ncc2c(-c3cnn(C(C)(C)C(=O)C4C[C@H]5CC[C@@H](C4)O5)c3)cc(C3CCC(O)CC3)n2n1.COC[C@H](C)Nc1ncc2c(-c3cnn(C(C)(C)C(=O)N4CC5(CCC5)C4)c3)cc(C3CCC(O)CC3)n2n1. The lowest BCUT2D eigenvalue weighted by Gasteiger charge is -2.57. The van der Waals surface area contributed by atoms with E-state index >= 15 is 0 Å². The number of nitrogens with one attached hydrogen (secondary N) is 3. The van der Waals surface area contributed by atoms with E-state index in [1.807, 2.05) is 114 Å². The van der Waals surface area contributed by atoms with Gasteiger partial charge in [0.25, 0.3) is 0 Å². The number of aromatic nitrogens is 15. The number of rotatable bonds is 25. The standard InChI is InChI=1S/C30H42N6O4.C29H41N7O3.C26H36N6O2/c1-18(17-39-4)33-29-31-15-27-25(13-26(36(27)34-29)19-5-7-22(37)8-6-19)21-14-32-35(16-21)30(2,3)28(38)20-11-23-9-10-24(12-20)40-23;1-19(16-39-4)32-27-30-14-25-23(12-24(36(25)33-27)20-6-8-22(37)9-7-20)21-13-31-35(15-21)28(2,3)26(38)34-17-29(18-34)10-5-11-29;1-17-4-5-19(10-17)14-31-15-21(12-28-31)23-11-24(20-6-8-22(33)9-7-20)32-25(23)13-27-26(30-32)29-18(2)16-34-3/h13-16,18-20,22-24,37H,5-12,17H2,1-4H3,(H,33,34);12-15,19-20,22,37H,5-11,16-18H2,1-4H3,(H,32,33);11-13,15,18-20,22,33H,1,4-10,14,16H2,2-3H3,(H,29,30)/t18-,19?,20?,22?,23-,24+;19-,20?,22?;18-,19-,20?,22?/m000/s1. The van der Waals surface area contributed by atoms with Gasteiger partial charge in [0.15, 0.2) is 5.78 Å². The van der Waals surface area contributed by atoms with Crippen molar-refractivity contribution in [3.63, 3.8) is 0 Å². The van der Waals surface area contributed by atoms with Crippen molar-refractivity contribution < 1.29 is 43.9 Å². The summed E-state index contributed by atoms with van der Waals surface area (Å²) < 4.78 is 33.5. The molecule has 0 aromatic carbocycles. The van der Waals surface area contributed by atoms with Crippen LogP contribution in [0.3, 0.4) is 0 Å². The summed E-state index contributed by atoms with van der Waals surface area (Å²) in [6.45, 7) is 22.5. The third-order valence-corrected chi connectivity index (χ3v) is 25.7. The first-order valence-corrected chi connectivity index (χ1v) is 41.7. The Labute approximate surface area is 662 Å². The maximum absolute atomic E-state index is 13.7. The maximum atomic E-state index is 13.7. The van der Waals surface area contributed by atoms with Gasteiger partial charge in [0.1, 0.15) is 11.1 Å². The van der Waals surface area contributed by atoms with Gasteiger partial charge in [-0.15, -0.1) is 15.3 Å². The number of ketones is 1. The van der Waals surface area contributed by atoms with E-state index in [9.17, 15) is 24.9 Å². The normalized spacial score (nSPS) is 25.1. The number of likely N-dealkylation sites (tertiary alicyclic amines) is 1. The van der Waals surface area contributed by atoms with Gasteiger partial charge in [0.05, 0.1) is 104 Å². The van der Waals surface area contributed by atoms with Gasteiger partial charge in [-0.3, -0.25) is 23.6 Å². The molecule has 3 aliphatic heterocycles. The van der Waals surface area contributed by atoms with Crippen molar-refractivity contribution in [2.24, 2.45) is 17.3 Å². The Kier molecular flexibility index (Phi) is 23.8. The Hall–Kier alpha value is -8.51. The van der Waals surface area contributed by atoms with E-state index in [0.29, 0.717) is 66.8 Å². The predicted octanol–water partition coefficient (Wildman–Crippen LogP) is 12.5. The number of aliphatic hydroxyl groups is 3. The van der Waals surface area contributed by atoms with Crippen LogP contribution in [0.1, 0.15) is 225 Å². The number of ether oxygens (including phenoxy) is 4. The lowest BCUT2D eigenvalue weighted by atomic mass is 9.63. The average Bonchev–Trinajstić information content (AvgIpc) is 0.923. The van der Waals surface area contributed by atoms with Gasteiger partial charge < -0.3 is 55.1 Å². The van der Waals surface area contributed by atoms with Crippen molar-refractivity contribution in [1.29, 1.82) is 0 Å². The summed E-state index contributed by atoms with van der Waals surface area (Å²) in [5.41, 5.74) is 12.5. The highest BCUT2D eigenvalue weighted by Gasteiger charge is 2.52. The number of fused-ring (bicyclic) bond motifs is 5. The second-order valence-corrected chi connectivity index (χ2v) is 35.4. The molecule has 12 heterocycles. The number of allylic oxidation sites excluding steroid dienone is 1. The number of anilines is 3. The Morgan fingerprint density at radius 3 is 1.33 bits per heavy atom. The molecule has 9 aromatic heterocycles. The summed E-state index contributed by atoms with van der Waals surface area (Å²) in [4.78, 5) is 43.0. The molecule has 3 saturated heterocycles. The molecule has 28 nitrogen and oxygen atoms in total. The summed E-state index contributed by atoms with van der Waals surface area (Å²) in [5, 5.41) is 68.9. The molecule has 1 amide bonds. The molecule has 17 rings (SSSR count). The number of aliphatic hydroxyl groups excluding tert-OH is 3. The molecule has 5 saturated carbocycles. The lowest BCUT2D eigenvalue weighted by molar-refractivity contribution is -0.158. The van der Waals surface area contributed by atoms with Crippen LogP contribution in [0, 0.1) is 17.3 Å². The zero-order valence-electron chi connectivity index (χ0n) is 67.9. The van der Waals surface area contributed by atoms with Crippen molar-refractivity contribution in [1.82, 2.24) is 78.0 Å². The minimum absolute atomic E-state index is 0.0114. The highest BCUT2D eigenvalue weighted by atomic mass is 16.5. The molecule has 2 bridgehead atoms. The van der Waals surface area contributed by atoms with Gasteiger partial charge in [-0.1, -0.05) is 18.6 Å². The topological polar surface area (TPSA) is 315 Å². The Morgan fingerprint density at radius 1 is 0.549 bits per heavy atom. The van der Waals surface area contributed by atoms with Crippen LogP contribution >= 0.6 is 0 Å². The van der Waals surface area contributed by atoms with Crippen LogP contribution < -0.4 is 16.0 Å². The first-order valence-electron chi connectivity index (χ1n) is 41.7. The Balaban J connectivity index is 0.000000134. The largest absolute Gasteiger partial charge is 0.393 e. The minimum atomic E-state index is -0.771. The van der Waals surface area contributed by atoms with Crippen LogP contribution in [0.25, 0.3) is 49.9 Å². The van der Waals surface area contributed by atoms with Crippen molar-refractivity contribution in [2.45, 2.75) is 274 Å². The molecule has 8 aliphatic rings. The molecule has 7 atom stereocenters. The van der Waals surface area contributed by atoms with Crippen molar-refractivity contribution in [2.75, 3.05) is 70.2 Å². The van der Waals surface area contributed by atoms with Crippen molar-refractivity contribution in [3.05, 3.63) is 103 Å². The molecule has 608 valence electrons. The first kappa shape index (κ1) is 79.7. The van der Waals surface area contributed by atoms with Crippen LogP contribution in [-0.4, -0.2) is 208 Å². The third kappa shape index (κ3) is 17.3. The van der Waals surface area contributed by atoms with Gasteiger partial charge in [-0.05, 0) is 207 Å². The van der Waals surface area contributed by atoms with E-state index in [-0.39, 0.29) is 66.3 Å². The number of hydrogen-bond acceptors (Lipinski definition) is 21. The highest BCUT2D eigenvalue weighted by molar-refractivity contribution is 5.89. The molecule has 28 heteroatoms. The van der Waals surface area contributed by atoms with E-state index in [1.165, 1.54) is 37.0 Å². The maximum Gasteiger partial charge on any atom is 0.250 e. The van der Waals surface area contributed by atoms with Crippen LogP contribution in [-0.2, 0) is 46.2 Å². The number of methoxy groups -OCH3 is 3. The van der Waals surface area contributed by atoms with Gasteiger partial charge in [-0.2, -0.15) is 15.3 Å². The fourth-order valence-corrected chi connectivity index (χ4v) is 19.1. The number of carbonyl (C=O) groups excluding carboxylic acids is 2. The molecule has 1 spiro atoms. The molecule has 1 unspecified atom stereocenters. The number of hydrogen-bond donors (Lipinski definition) is 6. The van der Waals surface area contributed by atoms with E-state index in [1.54, 1.807) is 26.0 Å². The number of amides is 1. The number of carbonyl (C=O) groups is 2. The molecule has 9 aromatic rings. The molecular weight excluding hydrogens is 1430 g/mol. The lowest BCUT2D eigenvalue weighted by Crippen LogP contribution is -2.64. The first-order chi connectivity index (χ1) is 54.4. The Bertz CT molecular complexity index is 4770. The molecule has 8 fully saturated rings. The van der Waals surface area contributed by atoms with E-state index in [2.05, 4.69) is 83.7 Å². The molecular formula is C85H119N19O9. The van der Waals surface area contributed by atoms with Crippen molar-refractivity contribution in [3.8, 4) is 33.4 Å². The van der Waals surface area contributed by atoms with Crippen LogP contribution in [0.15, 0.2) is 86.1 Å². The molecule has 0 radical (unpaired) electrons.